The molecule has 0 unspecified atom stereocenters. The predicted molar refractivity (Wildman–Crippen MR) is 88.8 cm³/mol. The highest BCUT2D eigenvalue weighted by Crippen LogP contribution is 2.12. The number of ether oxygens (including phenoxy) is 2. The standard InChI is InChI=1S/C18H16N2O3/c1-3-11-23-17-6-4-5-14(12-17)13-19-20-18(21)15-7-9-16(22-2)10-8-15/h1,4-10,12-13H,11H2,2H3,(H,20,21)/b19-13-. The summed E-state index contributed by atoms with van der Waals surface area (Å²) >= 11 is 0. The number of amides is 1. The van der Waals surface area contributed by atoms with Crippen LogP contribution in [0, 0.1) is 12.3 Å². The Labute approximate surface area is 134 Å². The van der Waals surface area contributed by atoms with E-state index in [1.54, 1.807) is 43.5 Å². The van der Waals surface area contributed by atoms with E-state index in [-0.39, 0.29) is 12.5 Å². The molecule has 2 aromatic carbocycles. The van der Waals surface area contributed by atoms with Gasteiger partial charge in [-0.2, -0.15) is 5.10 Å². The number of carbonyl (C=O) groups excluding carboxylic acids is 1. The minimum absolute atomic E-state index is 0.203. The highest BCUT2D eigenvalue weighted by atomic mass is 16.5. The van der Waals surface area contributed by atoms with Gasteiger partial charge in [-0.05, 0) is 42.0 Å². The van der Waals surface area contributed by atoms with Crippen LogP contribution in [0.4, 0.5) is 0 Å². The summed E-state index contributed by atoms with van der Waals surface area (Å²) in [4.78, 5) is 11.9. The fourth-order valence-electron chi connectivity index (χ4n) is 1.78. The van der Waals surface area contributed by atoms with Gasteiger partial charge in [0.2, 0.25) is 0 Å². The molecule has 0 saturated carbocycles. The van der Waals surface area contributed by atoms with Crippen LogP contribution in [0.2, 0.25) is 0 Å². The van der Waals surface area contributed by atoms with Gasteiger partial charge in [-0.1, -0.05) is 18.1 Å². The Bertz CT molecular complexity index is 731. The summed E-state index contributed by atoms with van der Waals surface area (Å²) in [6, 6.07) is 14.0. The van der Waals surface area contributed by atoms with Gasteiger partial charge in [0.1, 0.15) is 18.1 Å². The van der Waals surface area contributed by atoms with E-state index in [2.05, 4.69) is 16.4 Å². The molecule has 2 rings (SSSR count). The first-order valence-corrected chi connectivity index (χ1v) is 6.86. The van der Waals surface area contributed by atoms with Gasteiger partial charge in [-0.3, -0.25) is 4.79 Å². The monoisotopic (exact) mass is 308 g/mol. The first kappa shape index (κ1) is 16.1. The Balaban J connectivity index is 1.95. The lowest BCUT2D eigenvalue weighted by molar-refractivity contribution is 0.0955. The molecule has 0 radical (unpaired) electrons. The summed E-state index contributed by atoms with van der Waals surface area (Å²) in [7, 11) is 1.57. The fraction of sp³-hybridized carbons (Fsp3) is 0.111. The van der Waals surface area contributed by atoms with E-state index in [0.717, 1.165) is 5.56 Å². The quantitative estimate of drug-likeness (QED) is 0.506. The molecule has 5 heteroatoms. The van der Waals surface area contributed by atoms with Gasteiger partial charge in [0, 0.05) is 5.56 Å². The average Bonchev–Trinajstić information content (AvgIpc) is 2.60. The van der Waals surface area contributed by atoms with Gasteiger partial charge in [0.15, 0.2) is 0 Å². The Morgan fingerprint density at radius 2 is 2.04 bits per heavy atom. The molecule has 0 aliphatic heterocycles. The largest absolute Gasteiger partial charge is 0.497 e. The molecule has 23 heavy (non-hydrogen) atoms. The van der Waals surface area contributed by atoms with Crippen molar-refractivity contribution in [2.75, 3.05) is 13.7 Å². The van der Waals surface area contributed by atoms with Crippen molar-refractivity contribution < 1.29 is 14.3 Å². The van der Waals surface area contributed by atoms with Gasteiger partial charge in [0.05, 0.1) is 13.3 Å². The van der Waals surface area contributed by atoms with Crippen LogP contribution in [0.15, 0.2) is 53.6 Å². The minimum atomic E-state index is -0.302. The SMILES string of the molecule is C#CCOc1cccc(/C=N\NC(=O)c2ccc(OC)cc2)c1. The topological polar surface area (TPSA) is 59.9 Å². The zero-order valence-corrected chi connectivity index (χ0v) is 12.7. The van der Waals surface area contributed by atoms with E-state index in [1.807, 2.05) is 12.1 Å². The molecule has 1 amide bonds. The van der Waals surface area contributed by atoms with Crippen molar-refractivity contribution in [3.8, 4) is 23.8 Å². The van der Waals surface area contributed by atoms with E-state index >= 15 is 0 Å². The number of hydrazone groups is 1. The molecule has 0 bridgehead atoms. The summed E-state index contributed by atoms with van der Waals surface area (Å²) in [5, 5.41) is 3.93. The maximum absolute atomic E-state index is 11.9. The van der Waals surface area contributed by atoms with E-state index in [1.165, 1.54) is 6.21 Å². The van der Waals surface area contributed by atoms with Crippen molar-refractivity contribution in [2.45, 2.75) is 0 Å². The number of benzene rings is 2. The normalized spacial score (nSPS) is 10.1. The number of terminal acetylenes is 1. The first-order chi connectivity index (χ1) is 11.2. The molecule has 0 heterocycles. The number of nitrogens with one attached hydrogen (secondary N) is 1. The zero-order chi connectivity index (χ0) is 16.5. The van der Waals surface area contributed by atoms with Crippen molar-refractivity contribution in [3.63, 3.8) is 0 Å². The third kappa shape index (κ3) is 4.90. The Hall–Kier alpha value is -3.26. The third-order valence-corrected chi connectivity index (χ3v) is 2.91. The Kier molecular flexibility index (Phi) is 5.78. The Morgan fingerprint density at radius 3 is 2.74 bits per heavy atom. The second-order valence-electron chi connectivity index (χ2n) is 4.49. The molecule has 0 spiro atoms. The first-order valence-electron chi connectivity index (χ1n) is 6.86. The molecule has 2 aromatic rings. The van der Waals surface area contributed by atoms with E-state index in [0.29, 0.717) is 17.1 Å². The van der Waals surface area contributed by atoms with Crippen molar-refractivity contribution in [2.24, 2.45) is 5.10 Å². The summed E-state index contributed by atoms with van der Waals surface area (Å²) in [6.07, 6.45) is 6.68. The van der Waals surface area contributed by atoms with Gasteiger partial charge in [-0.15, -0.1) is 6.42 Å². The van der Waals surface area contributed by atoms with Crippen molar-refractivity contribution >= 4 is 12.1 Å². The van der Waals surface area contributed by atoms with E-state index < -0.39 is 0 Å². The third-order valence-electron chi connectivity index (χ3n) is 2.91. The highest BCUT2D eigenvalue weighted by molar-refractivity contribution is 5.95. The smallest absolute Gasteiger partial charge is 0.271 e. The summed E-state index contributed by atoms with van der Waals surface area (Å²) in [6.45, 7) is 0.203. The molecule has 5 nitrogen and oxygen atoms in total. The van der Waals surface area contributed by atoms with Crippen LogP contribution in [-0.2, 0) is 0 Å². The lowest BCUT2D eigenvalue weighted by Gasteiger charge is -2.03. The van der Waals surface area contributed by atoms with Crippen LogP contribution in [0.1, 0.15) is 15.9 Å². The molecule has 0 aromatic heterocycles. The van der Waals surface area contributed by atoms with Crippen LogP contribution in [0.5, 0.6) is 11.5 Å². The van der Waals surface area contributed by atoms with Crippen molar-refractivity contribution in [1.29, 1.82) is 0 Å². The molecule has 116 valence electrons. The van der Waals surface area contributed by atoms with E-state index in [9.17, 15) is 4.79 Å². The van der Waals surface area contributed by atoms with Gasteiger partial charge in [0.25, 0.3) is 5.91 Å². The number of nitrogens with zero attached hydrogens (tertiary/aromatic N) is 1. The fourth-order valence-corrected chi connectivity index (χ4v) is 1.78. The van der Waals surface area contributed by atoms with E-state index in [4.69, 9.17) is 15.9 Å². The number of rotatable bonds is 6. The van der Waals surface area contributed by atoms with Crippen molar-refractivity contribution in [1.82, 2.24) is 5.43 Å². The molecule has 1 N–H and O–H groups in total. The number of carbonyl (C=O) groups is 1. The summed E-state index contributed by atoms with van der Waals surface area (Å²) in [5.74, 6) is 3.43. The molecular formula is C18H16N2O3. The molecule has 0 fully saturated rings. The second-order valence-corrected chi connectivity index (χ2v) is 4.49. The molecular weight excluding hydrogens is 292 g/mol. The summed E-state index contributed by atoms with van der Waals surface area (Å²) < 4.78 is 10.4. The predicted octanol–water partition coefficient (Wildman–Crippen LogP) is 2.47. The zero-order valence-electron chi connectivity index (χ0n) is 12.7. The van der Waals surface area contributed by atoms with Crippen molar-refractivity contribution in [3.05, 3.63) is 59.7 Å². The summed E-state index contributed by atoms with van der Waals surface area (Å²) in [5.41, 5.74) is 3.75. The molecule has 0 atom stereocenters. The minimum Gasteiger partial charge on any atom is -0.497 e. The average molecular weight is 308 g/mol. The Morgan fingerprint density at radius 1 is 1.26 bits per heavy atom. The lowest BCUT2D eigenvalue weighted by atomic mass is 10.2. The molecule has 0 aliphatic rings. The number of methoxy groups -OCH3 is 1. The van der Waals surface area contributed by atoms with Crippen LogP contribution in [-0.4, -0.2) is 25.8 Å². The number of hydrogen-bond acceptors (Lipinski definition) is 4. The van der Waals surface area contributed by atoms with Gasteiger partial charge in [-0.25, -0.2) is 5.43 Å². The number of hydrogen-bond donors (Lipinski definition) is 1. The maximum atomic E-state index is 11.9. The van der Waals surface area contributed by atoms with Gasteiger partial charge >= 0.3 is 0 Å². The second kappa shape index (κ2) is 8.25. The lowest BCUT2D eigenvalue weighted by Crippen LogP contribution is -2.17. The maximum Gasteiger partial charge on any atom is 0.271 e. The highest BCUT2D eigenvalue weighted by Gasteiger charge is 2.03. The molecule has 0 aliphatic carbocycles. The van der Waals surface area contributed by atoms with Crippen LogP contribution >= 0.6 is 0 Å². The van der Waals surface area contributed by atoms with Crippen LogP contribution in [0.25, 0.3) is 0 Å². The van der Waals surface area contributed by atoms with Crippen LogP contribution < -0.4 is 14.9 Å². The van der Waals surface area contributed by atoms with Crippen LogP contribution in [0.3, 0.4) is 0 Å². The van der Waals surface area contributed by atoms with Gasteiger partial charge < -0.3 is 9.47 Å². The molecule has 0 saturated heterocycles.